The van der Waals surface area contributed by atoms with Crippen LogP contribution in [0.4, 0.5) is 11.6 Å². The number of imidazole rings is 1. The minimum Gasteiger partial charge on any atom is -0.325 e. The molecule has 1 heterocycles. The van der Waals surface area contributed by atoms with Gasteiger partial charge in [-0.15, -0.1) is 0 Å². The molecule has 2 rings (SSSR count). The summed E-state index contributed by atoms with van der Waals surface area (Å²) in [6.07, 6.45) is 3.77. The zero-order chi connectivity index (χ0) is 11.5. The molecule has 0 aliphatic rings. The van der Waals surface area contributed by atoms with E-state index in [0.29, 0.717) is 0 Å². The van der Waals surface area contributed by atoms with Crippen molar-refractivity contribution >= 4 is 27.6 Å². The summed E-state index contributed by atoms with van der Waals surface area (Å²) >= 11 is 3.47. The number of nitrogens with zero attached hydrogens (tertiary/aromatic N) is 2. The molecule has 0 radical (unpaired) electrons. The van der Waals surface area contributed by atoms with Crippen LogP contribution in [0.25, 0.3) is 0 Å². The van der Waals surface area contributed by atoms with Crippen LogP contribution < -0.4 is 5.32 Å². The molecule has 0 saturated carbocycles. The smallest absolute Gasteiger partial charge is 0.207 e. The number of anilines is 2. The third-order valence-corrected chi connectivity index (χ3v) is 3.00. The normalized spacial score (nSPS) is 10.4. The van der Waals surface area contributed by atoms with Gasteiger partial charge in [-0.1, -0.05) is 22.0 Å². The Morgan fingerprint density at radius 2 is 2.25 bits per heavy atom. The van der Waals surface area contributed by atoms with Crippen molar-refractivity contribution in [3.05, 3.63) is 40.6 Å². The molecule has 0 spiro atoms. The molecule has 84 valence electrons. The van der Waals surface area contributed by atoms with Gasteiger partial charge in [-0.3, -0.25) is 0 Å². The van der Waals surface area contributed by atoms with E-state index in [1.807, 2.05) is 12.3 Å². The molecule has 1 aromatic carbocycles. The molecule has 0 unspecified atom stereocenters. The van der Waals surface area contributed by atoms with Crippen LogP contribution >= 0.6 is 15.9 Å². The monoisotopic (exact) mass is 279 g/mol. The van der Waals surface area contributed by atoms with E-state index in [1.54, 1.807) is 6.20 Å². The summed E-state index contributed by atoms with van der Waals surface area (Å²) in [5, 5.41) is 3.33. The van der Waals surface area contributed by atoms with Crippen molar-refractivity contribution in [2.75, 3.05) is 5.32 Å². The number of benzene rings is 1. The molecule has 0 amide bonds. The first-order chi connectivity index (χ1) is 7.70. The Kier molecular flexibility index (Phi) is 3.29. The summed E-state index contributed by atoms with van der Waals surface area (Å²) in [6, 6.07) is 6.17. The number of hydrogen-bond donors (Lipinski definition) is 1. The number of aryl methyl sites for hydroxylation is 2. The topological polar surface area (TPSA) is 29.9 Å². The lowest BCUT2D eigenvalue weighted by molar-refractivity contribution is 0.771. The largest absolute Gasteiger partial charge is 0.325 e. The van der Waals surface area contributed by atoms with Gasteiger partial charge in [-0.05, 0) is 31.5 Å². The average molecular weight is 280 g/mol. The Hall–Kier alpha value is -1.29. The number of halogens is 1. The molecule has 3 nitrogen and oxygen atoms in total. The summed E-state index contributed by atoms with van der Waals surface area (Å²) in [6.45, 7) is 5.09. The van der Waals surface area contributed by atoms with E-state index in [4.69, 9.17) is 0 Å². The first-order valence-corrected chi connectivity index (χ1v) is 6.04. The third-order valence-electron chi connectivity index (χ3n) is 2.50. The summed E-state index contributed by atoms with van der Waals surface area (Å²) in [7, 11) is 0. The highest BCUT2D eigenvalue weighted by Gasteiger charge is 2.04. The van der Waals surface area contributed by atoms with Gasteiger partial charge < -0.3 is 9.88 Å². The highest BCUT2D eigenvalue weighted by atomic mass is 79.9. The van der Waals surface area contributed by atoms with Gasteiger partial charge in [-0.25, -0.2) is 4.98 Å². The van der Waals surface area contributed by atoms with Crippen molar-refractivity contribution in [2.24, 2.45) is 0 Å². The van der Waals surface area contributed by atoms with E-state index in [0.717, 1.165) is 22.7 Å². The first kappa shape index (κ1) is 11.2. The molecule has 1 aromatic heterocycles. The van der Waals surface area contributed by atoms with Crippen LogP contribution in [0.15, 0.2) is 35.1 Å². The quantitative estimate of drug-likeness (QED) is 0.928. The lowest BCUT2D eigenvalue weighted by atomic mass is 10.2. The Bertz CT molecular complexity index is 491. The fourth-order valence-electron chi connectivity index (χ4n) is 1.54. The maximum atomic E-state index is 4.29. The molecule has 0 aliphatic carbocycles. The zero-order valence-electron chi connectivity index (χ0n) is 9.37. The van der Waals surface area contributed by atoms with Crippen LogP contribution in [0.3, 0.4) is 0 Å². The minimum absolute atomic E-state index is 0.878. The van der Waals surface area contributed by atoms with Crippen molar-refractivity contribution in [2.45, 2.75) is 20.4 Å². The molecule has 2 aromatic rings. The fraction of sp³-hybridized carbons (Fsp3) is 0.250. The summed E-state index contributed by atoms with van der Waals surface area (Å²) in [5.41, 5.74) is 2.28. The van der Waals surface area contributed by atoms with Crippen LogP contribution in [0.5, 0.6) is 0 Å². The predicted octanol–water partition coefficient (Wildman–Crippen LogP) is 3.72. The Balaban J connectivity index is 2.30. The average Bonchev–Trinajstić information content (AvgIpc) is 2.71. The van der Waals surface area contributed by atoms with Crippen LogP contribution in [0, 0.1) is 6.92 Å². The second-order valence-corrected chi connectivity index (χ2v) is 4.54. The fourth-order valence-corrected chi connectivity index (χ4v) is 1.90. The van der Waals surface area contributed by atoms with Gasteiger partial charge in [0.25, 0.3) is 0 Å². The van der Waals surface area contributed by atoms with Gasteiger partial charge in [0.05, 0.1) is 0 Å². The van der Waals surface area contributed by atoms with Crippen molar-refractivity contribution in [3.8, 4) is 0 Å². The summed E-state index contributed by atoms with van der Waals surface area (Å²) in [5.74, 6) is 0.878. The molecule has 0 saturated heterocycles. The van der Waals surface area contributed by atoms with Crippen molar-refractivity contribution < 1.29 is 0 Å². The number of nitrogens with one attached hydrogen (secondary N) is 1. The highest BCUT2D eigenvalue weighted by molar-refractivity contribution is 9.10. The molecule has 0 bridgehead atoms. The summed E-state index contributed by atoms with van der Waals surface area (Å²) < 4.78 is 3.13. The molecule has 0 atom stereocenters. The number of aromatic nitrogens is 2. The number of rotatable bonds is 3. The Morgan fingerprint density at radius 3 is 3.00 bits per heavy atom. The summed E-state index contributed by atoms with van der Waals surface area (Å²) in [4.78, 5) is 4.29. The maximum Gasteiger partial charge on any atom is 0.207 e. The minimum atomic E-state index is 0.878. The van der Waals surface area contributed by atoms with Gasteiger partial charge in [0, 0.05) is 29.1 Å². The van der Waals surface area contributed by atoms with E-state index in [2.05, 4.69) is 56.8 Å². The lowest BCUT2D eigenvalue weighted by Crippen LogP contribution is -2.02. The van der Waals surface area contributed by atoms with Gasteiger partial charge >= 0.3 is 0 Å². The molecule has 0 fully saturated rings. The van der Waals surface area contributed by atoms with Crippen molar-refractivity contribution in [1.29, 1.82) is 0 Å². The SMILES string of the molecule is CCn1ccnc1Nc1cc(Br)ccc1C. The van der Waals surface area contributed by atoms with Crippen LogP contribution in [0.1, 0.15) is 12.5 Å². The molecule has 4 heteroatoms. The molecular weight excluding hydrogens is 266 g/mol. The lowest BCUT2D eigenvalue weighted by Gasteiger charge is -2.10. The van der Waals surface area contributed by atoms with E-state index in [-0.39, 0.29) is 0 Å². The third kappa shape index (κ3) is 2.27. The van der Waals surface area contributed by atoms with Crippen LogP contribution in [-0.2, 0) is 6.54 Å². The van der Waals surface area contributed by atoms with Crippen molar-refractivity contribution in [1.82, 2.24) is 9.55 Å². The van der Waals surface area contributed by atoms with Crippen molar-refractivity contribution in [3.63, 3.8) is 0 Å². The molecule has 16 heavy (non-hydrogen) atoms. The van der Waals surface area contributed by atoms with E-state index in [9.17, 15) is 0 Å². The van der Waals surface area contributed by atoms with Gasteiger partial charge in [0.2, 0.25) is 5.95 Å². The molecular formula is C12H14BrN3. The highest BCUT2D eigenvalue weighted by Crippen LogP contribution is 2.23. The van der Waals surface area contributed by atoms with E-state index >= 15 is 0 Å². The first-order valence-electron chi connectivity index (χ1n) is 5.25. The van der Waals surface area contributed by atoms with E-state index in [1.165, 1.54) is 5.56 Å². The second-order valence-electron chi connectivity index (χ2n) is 3.62. The van der Waals surface area contributed by atoms with Crippen LogP contribution in [-0.4, -0.2) is 9.55 Å². The maximum absolute atomic E-state index is 4.29. The number of hydrogen-bond acceptors (Lipinski definition) is 2. The van der Waals surface area contributed by atoms with Gasteiger partial charge in [0.15, 0.2) is 0 Å². The molecule has 1 N–H and O–H groups in total. The van der Waals surface area contributed by atoms with Gasteiger partial charge in [0.1, 0.15) is 0 Å². The zero-order valence-corrected chi connectivity index (χ0v) is 11.0. The Morgan fingerprint density at radius 1 is 1.44 bits per heavy atom. The standard InChI is InChI=1S/C12H14BrN3/c1-3-16-7-6-14-12(16)15-11-8-10(13)5-4-9(11)2/h4-8H,3H2,1-2H3,(H,14,15). The predicted molar refractivity (Wildman–Crippen MR) is 70.1 cm³/mol. The second kappa shape index (κ2) is 4.70. The van der Waals surface area contributed by atoms with Gasteiger partial charge in [-0.2, -0.15) is 0 Å². The molecule has 0 aliphatic heterocycles. The van der Waals surface area contributed by atoms with Crippen LogP contribution in [0.2, 0.25) is 0 Å². The Labute approximate surface area is 104 Å². The van der Waals surface area contributed by atoms with E-state index < -0.39 is 0 Å².